The lowest BCUT2D eigenvalue weighted by molar-refractivity contribution is -0.113. The fourth-order valence-corrected chi connectivity index (χ4v) is 3.45. The summed E-state index contributed by atoms with van der Waals surface area (Å²) in [5.74, 6) is 0.217. The number of aromatic nitrogens is 1. The van der Waals surface area contributed by atoms with E-state index < -0.39 is 11.7 Å². The van der Waals surface area contributed by atoms with Gasteiger partial charge in [0.25, 0.3) is 0 Å². The third-order valence-electron chi connectivity index (χ3n) is 4.15. The van der Waals surface area contributed by atoms with Gasteiger partial charge in [0.2, 0.25) is 5.91 Å². The maximum atomic E-state index is 13.7. The number of pyridine rings is 1. The Morgan fingerprint density at radius 1 is 1.13 bits per heavy atom. The second-order valence-electron chi connectivity index (χ2n) is 6.05. The maximum absolute atomic E-state index is 13.7. The van der Waals surface area contributed by atoms with E-state index in [1.165, 1.54) is 12.1 Å². The Labute approximate surface area is 177 Å². The van der Waals surface area contributed by atoms with Crippen LogP contribution in [-0.2, 0) is 4.79 Å². The number of anilines is 1. The summed E-state index contributed by atoms with van der Waals surface area (Å²) >= 11 is 1.11. The van der Waals surface area contributed by atoms with E-state index in [1.54, 1.807) is 50.6 Å². The van der Waals surface area contributed by atoms with E-state index in [0.29, 0.717) is 27.8 Å². The molecule has 0 unspecified atom stereocenters. The van der Waals surface area contributed by atoms with Crippen molar-refractivity contribution in [3.63, 3.8) is 0 Å². The van der Waals surface area contributed by atoms with Crippen molar-refractivity contribution >= 4 is 23.4 Å². The molecule has 0 aliphatic rings. The van der Waals surface area contributed by atoms with Crippen LogP contribution in [0.15, 0.2) is 59.6 Å². The van der Waals surface area contributed by atoms with Crippen LogP contribution in [0.5, 0.6) is 11.5 Å². The predicted molar refractivity (Wildman–Crippen MR) is 113 cm³/mol. The first-order valence-corrected chi connectivity index (χ1v) is 9.85. The Bertz CT molecular complexity index is 1120. The fourth-order valence-electron chi connectivity index (χ4n) is 2.67. The second-order valence-corrected chi connectivity index (χ2v) is 7.01. The van der Waals surface area contributed by atoms with E-state index in [4.69, 9.17) is 9.47 Å². The largest absolute Gasteiger partial charge is 0.493 e. The summed E-state index contributed by atoms with van der Waals surface area (Å²) in [6.07, 6.45) is 0. The molecule has 6 nitrogen and oxygen atoms in total. The SMILES string of the molecule is COc1ccc(-c2ccc(C#N)c(SCC(=O)Nc3ccccc3F)n2)cc1OC. The van der Waals surface area contributed by atoms with Crippen LogP contribution in [0.2, 0.25) is 0 Å². The quantitative estimate of drug-likeness (QED) is 0.563. The van der Waals surface area contributed by atoms with Crippen molar-refractivity contribution in [3.05, 3.63) is 66.0 Å². The number of hydrogen-bond acceptors (Lipinski definition) is 6. The van der Waals surface area contributed by atoms with Gasteiger partial charge in [-0.25, -0.2) is 9.37 Å². The van der Waals surface area contributed by atoms with Crippen molar-refractivity contribution in [3.8, 4) is 28.8 Å². The zero-order valence-electron chi connectivity index (χ0n) is 16.3. The first kappa shape index (κ1) is 21.1. The Morgan fingerprint density at radius 3 is 2.60 bits per heavy atom. The molecule has 2 aromatic carbocycles. The minimum absolute atomic E-state index is 0.0224. The fraction of sp³-hybridized carbons (Fsp3) is 0.136. The number of thioether (sulfide) groups is 1. The number of halogens is 1. The number of benzene rings is 2. The molecular weight excluding hydrogens is 405 g/mol. The van der Waals surface area contributed by atoms with Gasteiger partial charge in [-0.15, -0.1) is 0 Å². The van der Waals surface area contributed by atoms with Crippen molar-refractivity contribution in [2.45, 2.75) is 5.03 Å². The lowest BCUT2D eigenvalue weighted by Gasteiger charge is -2.11. The first-order valence-electron chi connectivity index (χ1n) is 8.86. The molecule has 0 saturated carbocycles. The Kier molecular flexibility index (Phi) is 6.88. The van der Waals surface area contributed by atoms with Gasteiger partial charge in [0.1, 0.15) is 16.9 Å². The van der Waals surface area contributed by atoms with Crippen molar-refractivity contribution in [2.24, 2.45) is 0 Å². The van der Waals surface area contributed by atoms with E-state index in [2.05, 4.69) is 16.4 Å². The Balaban J connectivity index is 1.79. The molecule has 30 heavy (non-hydrogen) atoms. The summed E-state index contributed by atoms with van der Waals surface area (Å²) in [4.78, 5) is 16.7. The number of amides is 1. The van der Waals surface area contributed by atoms with Crippen molar-refractivity contribution in [1.82, 2.24) is 4.98 Å². The van der Waals surface area contributed by atoms with E-state index in [1.807, 2.05) is 6.07 Å². The number of methoxy groups -OCH3 is 2. The smallest absolute Gasteiger partial charge is 0.234 e. The lowest BCUT2D eigenvalue weighted by atomic mass is 10.1. The van der Waals surface area contributed by atoms with Crippen LogP contribution in [0.1, 0.15) is 5.56 Å². The number of carbonyl (C=O) groups is 1. The van der Waals surface area contributed by atoms with Gasteiger partial charge in [-0.05, 0) is 42.5 Å². The average Bonchev–Trinajstić information content (AvgIpc) is 2.78. The number of ether oxygens (including phenoxy) is 2. The number of para-hydroxylation sites is 1. The van der Waals surface area contributed by atoms with Crippen LogP contribution in [0.3, 0.4) is 0 Å². The van der Waals surface area contributed by atoms with E-state index in [0.717, 1.165) is 17.3 Å². The van der Waals surface area contributed by atoms with Crippen LogP contribution in [0.4, 0.5) is 10.1 Å². The van der Waals surface area contributed by atoms with Gasteiger partial charge in [0.15, 0.2) is 11.5 Å². The van der Waals surface area contributed by atoms with Gasteiger partial charge >= 0.3 is 0 Å². The molecule has 0 fully saturated rings. The molecule has 1 N–H and O–H groups in total. The molecule has 0 atom stereocenters. The summed E-state index contributed by atoms with van der Waals surface area (Å²) in [6, 6.07) is 16.8. The molecule has 1 aromatic heterocycles. The van der Waals surface area contributed by atoms with Crippen LogP contribution in [0, 0.1) is 17.1 Å². The van der Waals surface area contributed by atoms with Gasteiger partial charge in [-0.1, -0.05) is 23.9 Å². The van der Waals surface area contributed by atoms with E-state index in [-0.39, 0.29) is 11.4 Å². The Morgan fingerprint density at radius 2 is 1.90 bits per heavy atom. The standard InChI is InChI=1S/C22H18FN3O3S/c1-28-19-10-8-14(11-20(19)29-2)17-9-7-15(12-24)22(26-17)30-13-21(27)25-18-6-4-3-5-16(18)23/h3-11H,13H2,1-2H3,(H,25,27). The minimum atomic E-state index is -0.512. The molecule has 0 bridgehead atoms. The topological polar surface area (TPSA) is 84.2 Å². The van der Waals surface area contributed by atoms with Gasteiger partial charge in [0, 0.05) is 5.56 Å². The summed E-state index contributed by atoms with van der Waals surface area (Å²) in [7, 11) is 3.10. The highest BCUT2D eigenvalue weighted by Gasteiger charge is 2.13. The predicted octanol–water partition coefficient (Wildman–Crippen LogP) is 4.51. The summed E-state index contributed by atoms with van der Waals surface area (Å²) in [5.41, 5.74) is 1.85. The number of carbonyl (C=O) groups excluding carboxylic acids is 1. The highest BCUT2D eigenvalue weighted by molar-refractivity contribution is 8.00. The maximum Gasteiger partial charge on any atom is 0.234 e. The molecule has 0 radical (unpaired) electrons. The van der Waals surface area contributed by atoms with Crippen molar-refractivity contribution in [2.75, 3.05) is 25.3 Å². The number of nitrogens with one attached hydrogen (secondary N) is 1. The monoisotopic (exact) mass is 423 g/mol. The van der Waals surface area contributed by atoms with Crippen LogP contribution in [0.25, 0.3) is 11.3 Å². The number of nitrogens with zero attached hydrogens (tertiary/aromatic N) is 2. The lowest BCUT2D eigenvalue weighted by Crippen LogP contribution is -2.15. The number of nitriles is 1. The highest BCUT2D eigenvalue weighted by atomic mass is 32.2. The average molecular weight is 423 g/mol. The Hall–Kier alpha value is -3.57. The van der Waals surface area contributed by atoms with E-state index in [9.17, 15) is 14.4 Å². The van der Waals surface area contributed by atoms with Crippen LogP contribution in [-0.4, -0.2) is 30.9 Å². The van der Waals surface area contributed by atoms with E-state index >= 15 is 0 Å². The minimum Gasteiger partial charge on any atom is -0.493 e. The van der Waals surface area contributed by atoms with Crippen molar-refractivity contribution in [1.29, 1.82) is 5.26 Å². The molecule has 0 aliphatic heterocycles. The molecule has 8 heteroatoms. The molecule has 3 rings (SSSR count). The molecule has 1 heterocycles. The first-order chi connectivity index (χ1) is 14.5. The molecule has 1 amide bonds. The molecule has 3 aromatic rings. The summed E-state index contributed by atoms with van der Waals surface area (Å²) in [5, 5.41) is 12.3. The molecular formula is C22H18FN3O3S. The molecule has 152 valence electrons. The van der Waals surface area contributed by atoms with Crippen LogP contribution >= 0.6 is 11.8 Å². The normalized spacial score (nSPS) is 10.2. The van der Waals surface area contributed by atoms with Gasteiger partial charge in [0.05, 0.1) is 36.9 Å². The van der Waals surface area contributed by atoms with Crippen LogP contribution < -0.4 is 14.8 Å². The third kappa shape index (κ3) is 4.88. The van der Waals surface area contributed by atoms with Gasteiger partial charge in [-0.2, -0.15) is 5.26 Å². The number of rotatable bonds is 7. The summed E-state index contributed by atoms with van der Waals surface area (Å²) in [6.45, 7) is 0. The highest BCUT2D eigenvalue weighted by Crippen LogP contribution is 2.33. The number of hydrogen-bond donors (Lipinski definition) is 1. The third-order valence-corrected chi connectivity index (χ3v) is 5.14. The second kappa shape index (κ2) is 9.76. The zero-order chi connectivity index (χ0) is 21.5. The van der Waals surface area contributed by atoms with Crippen molar-refractivity contribution < 1.29 is 18.7 Å². The molecule has 0 aliphatic carbocycles. The van der Waals surface area contributed by atoms with Gasteiger partial charge in [-0.3, -0.25) is 4.79 Å². The summed E-state index contributed by atoms with van der Waals surface area (Å²) < 4.78 is 24.3. The molecule has 0 saturated heterocycles. The zero-order valence-corrected chi connectivity index (χ0v) is 17.1. The molecule has 0 spiro atoms. The van der Waals surface area contributed by atoms with Gasteiger partial charge < -0.3 is 14.8 Å².